The zero-order valence-corrected chi connectivity index (χ0v) is 13.0. The van der Waals surface area contributed by atoms with Crippen LogP contribution in [0, 0.1) is 11.8 Å². The van der Waals surface area contributed by atoms with Gasteiger partial charge >= 0.3 is 0 Å². The maximum atomic E-state index is 5.57. The van der Waals surface area contributed by atoms with Crippen molar-refractivity contribution < 1.29 is 0 Å². The molecule has 1 fully saturated rings. The third kappa shape index (κ3) is 3.03. The second-order valence-corrected chi connectivity index (χ2v) is 6.30. The minimum Gasteiger partial charge on any atom is -0.367 e. The summed E-state index contributed by atoms with van der Waals surface area (Å²) < 4.78 is 0. The molecule has 0 amide bonds. The summed E-state index contributed by atoms with van der Waals surface area (Å²) in [5.41, 5.74) is 3.75. The molecule has 1 heterocycles. The Morgan fingerprint density at radius 1 is 1.20 bits per heavy atom. The van der Waals surface area contributed by atoms with Crippen LogP contribution in [0.5, 0.6) is 0 Å². The number of nitrogens with two attached hydrogens (primary N) is 1. The Hall–Kier alpha value is -1.36. The first kappa shape index (κ1) is 15.0. The van der Waals surface area contributed by atoms with Gasteiger partial charge < -0.3 is 10.7 Å². The molecule has 0 radical (unpaired) electrons. The lowest BCUT2D eigenvalue weighted by molar-refractivity contribution is 0.252. The van der Waals surface area contributed by atoms with Gasteiger partial charge in [0.2, 0.25) is 0 Å². The smallest absolute Gasteiger partial charge is 0.148 e. The number of anilines is 2. The van der Waals surface area contributed by atoms with Gasteiger partial charge in [-0.3, -0.25) is 0 Å². The van der Waals surface area contributed by atoms with Gasteiger partial charge in [-0.1, -0.05) is 40.5 Å². The summed E-state index contributed by atoms with van der Waals surface area (Å²) in [4.78, 5) is 8.66. The van der Waals surface area contributed by atoms with Crippen molar-refractivity contribution in [1.29, 1.82) is 0 Å². The van der Waals surface area contributed by atoms with Crippen LogP contribution in [0.3, 0.4) is 0 Å². The Morgan fingerprint density at radius 3 is 2.55 bits per heavy atom. The highest BCUT2D eigenvalue weighted by atomic mass is 15.3. The van der Waals surface area contributed by atoms with E-state index in [9.17, 15) is 0 Å². The van der Waals surface area contributed by atoms with Crippen molar-refractivity contribution in [3.63, 3.8) is 0 Å². The Labute approximate surface area is 121 Å². The van der Waals surface area contributed by atoms with Gasteiger partial charge in [0.1, 0.15) is 18.0 Å². The number of hydrazine groups is 1. The molecular weight excluding hydrogens is 250 g/mol. The molecule has 1 aromatic heterocycles. The van der Waals surface area contributed by atoms with E-state index in [0.717, 1.165) is 17.3 Å². The number of nitrogens with one attached hydrogen (secondary N) is 2. The quantitative estimate of drug-likeness (QED) is 0.582. The molecule has 1 aliphatic rings. The molecule has 1 saturated carbocycles. The molecule has 0 saturated heterocycles. The van der Waals surface area contributed by atoms with Crippen molar-refractivity contribution in [2.45, 2.75) is 58.9 Å². The van der Waals surface area contributed by atoms with E-state index in [0.29, 0.717) is 23.7 Å². The first-order chi connectivity index (χ1) is 9.54. The molecule has 0 aromatic carbocycles. The summed E-state index contributed by atoms with van der Waals surface area (Å²) in [7, 11) is 0. The van der Waals surface area contributed by atoms with Gasteiger partial charge in [0, 0.05) is 11.6 Å². The van der Waals surface area contributed by atoms with Crippen LogP contribution < -0.4 is 16.6 Å². The van der Waals surface area contributed by atoms with Crippen LogP contribution in [0.15, 0.2) is 6.33 Å². The molecule has 0 bridgehead atoms. The van der Waals surface area contributed by atoms with Crippen LogP contribution in [0.1, 0.15) is 58.4 Å². The van der Waals surface area contributed by atoms with Gasteiger partial charge in [0.25, 0.3) is 0 Å². The standard InChI is InChI=1S/C15H27N5/c1-9(2)13-14(17-8-18-15(13)20-16)19-12-7-5-6-10(3)11(12)4/h8-12H,5-7,16H2,1-4H3,(H2,17,18,19,20). The van der Waals surface area contributed by atoms with Crippen LogP contribution in [0.25, 0.3) is 0 Å². The maximum Gasteiger partial charge on any atom is 0.148 e. The van der Waals surface area contributed by atoms with Crippen molar-refractivity contribution >= 4 is 11.6 Å². The number of aromatic nitrogens is 2. The fourth-order valence-corrected chi connectivity index (χ4v) is 3.13. The number of nitrogen functional groups attached to an aromatic ring is 1. The van der Waals surface area contributed by atoms with Crippen LogP contribution >= 0.6 is 0 Å². The first-order valence-corrected chi connectivity index (χ1v) is 7.62. The Kier molecular flexibility index (Phi) is 4.81. The van der Waals surface area contributed by atoms with Crippen LogP contribution in [0.4, 0.5) is 11.6 Å². The third-order valence-electron chi connectivity index (χ3n) is 4.63. The van der Waals surface area contributed by atoms with Crippen LogP contribution in [-0.4, -0.2) is 16.0 Å². The lowest BCUT2D eigenvalue weighted by atomic mass is 9.78. The molecule has 1 aliphatic carbocycles. The Morgan fingerprint density at radius 2 is 1.90 bits per heavy atom. The number of hydrogen-bond acceptors (Lipinski definition) is 5. The van der Waals surface area contributed by atoms with Gasteiger partial charge in [-0.05, 0) is 24.2 Å². The monoisotopic (exact) mass is 277 g/mol. The number of rotatable bonds is 4. The molecule has 4 N–H and O–H groups in total. The summed E-state index contributed by atoms with van der Waals surface area (Å²) in [5.74, 6) is 8.96. The molecule has 3 unspecified atom stereocenters. The lowest BCUT2D eigenvalue weighted by Gasteiger charge is -2.35. The predicted molar refractivity (Wildman–Crippen MR) is 83.5 cm³/mol. The molecule has 112 valence electrons. The van der Waals surface area contributed by atoms with Crippen molar-refractivity contribution in [3.8, 4) is 0 Å². The van der Waals surface area contributed by atoms with Crippen molar-refractivity contribution in [1.82, 2.24) is 9.97 Å². The normalized spacial score (nSPS) is 26.6. The van der Waals surface area contributed by atoms with E-state index in [-0.39, 0.29) is 0 Å². The molecule has 0 aliphatic heterocycles. The molecule has 2 rings (SSSR count). The minimum absolute atomic E-state index is 0.320. The van der Waals surface area contributed by atoms with Crippen molar-refractivity contribution in [3.05, 3.63) is 11.9 Å². The van der Waals surface area contributed by atoms with E-state index in [4.69, 9.17) is 5.84 Å². The van der Waals surface area contributed by atoms with Crippen LogP contribution in [-0.2, 0) is 0 Å². The molecule has 3 atom stereocenters. The van der Waals surface area contributed by atoms with Crippen molar-refractivity contribution in [2.24, 2.45) is 17.7 Å². The van der Waals surface area contributed by atoms with Gasteiger partial charge in [-0.25, -0.2) is 15.8 Å². The van der Waals surface area contributed by atoms with Gasteiger partial charge in [0.05, 0.1) is 0 Å². The predicted octanol–water partition coefficient (Wildman–Crippen LogP) is 3.12. The molecule has 0 spiro atoms. The van der Waals surface area contributed by atoms with Gasteiger partial charge in [0.15, 0.2) is 0 Å². The maximum absolute atomic E-state index is 5.57. The van der Waals surface area contributed by atoms with E-state index >= 15 is 0 Å². The van der Waals surface area contributed by atoms with E-state index < -0.39 is 0 Å². The highest BCUT2D eigenvalue weighted by Gasteiger charge is 2.28. The second kappa shape index (κ2) is 6.39. The Bertz CT molecular complexity index is 446. The molecular formula is C15H27N5. The zero-order valence-electron chi connectivity index (χ0n) is 13.0. The van der Waals surface area contributed by atoms with Crippen LogP contribution in [0.2, 0.25) is 0 Å². The summed E-state index contributed by atoms with van der Waals surface area (Å²) >= 11 is 0. The van der Waals surface area contributed by atoms with E-state index in [1.165, 1.54) is 19.3 Å². The minimum atomic E-state index is 0.320. The average Bonchev–Trinajstić information content (AvgIpc) is 2.43. The fourth-order valence-electron chi connectivity index (χ4n) is 3.13. The van der Waals surface area contributed by atoms with Gasteiger partial charge in [-0.2, -0.15) is 0 Å². The molecule has 5 heteroatoms. The lowest BCUT2D eigenvalue weighted by Crippen LogP contribution is -2.35. The Balaban J connectivity index is 2.24. The zero-order chi connectivity index (χ0) is 14.7. The van der Waals surface area contributed by atoms with E-state index in [1.807, 2.05) is 0 Å². The fraction of sp³-hybridized carbons (Fsp3) is 0.733. The molecule has 1 aromatic rings. The topological polar surface area (TPSA) is 75.9 Å². The molecule has 20 heavy (non-hydrogen) atoms. The van der Waals surface area contributed by atoms with Crippen molar-refractivity contribution in [2.75, 3.05) is 10.7 Å². The largest absolute Gasteiger partial charge is 0.367 e. The van der Waals surface area contributed by atoms with E-state index in [2.05, 4.69) is 48.4 Å². The first-order valence-electron chi connectivity index (χ1n) is 7.62. The summed E-state index contributed by atoms with van der Waals surface area (Å²) in [6, 6.07) is 0.483. The third-order valence-corrected chi connectivity index (χ3v) is 4.63. The second-order valence-electron chi connectivity index (χ2n) is 6.30. The number of nitrogens with zero attached hydrogens (tertiary/aromatic N) is 2. The summed E-state index contributed by atoms with van der Waals surface area (Å²) in [5, 5.41) is 3.64. The average molecular weight is 277 g/mol. The molecule has 5 nitrogen and oxygen atoms in total. The van der Waals surface area contributed by atoms with Gasteiger partial charge in [-0.15, -0.1) is 0 Å². The highest BCUT2D eigenvalue weighted by molar-refractivity contribution is 5.58. The van der Waals surface area contributed by atoms with E-state index in [1.54, 1.807) is 6.33 Å². The highest BCUT2D eigenvalue weighted by Crippen LogP contribution is 2.34. The summed E-state index contributed by atoms with van der Waals surface area (Å²) in [6.07, 6.45) is 5.39. The summed E-state index contributed by atoms with van der Waals surface area (Å²) in [6.45, 7) is 8.95. The number of hydrogen-bond donors (Lipinski definition) is 3. The SMILES string of the molecule is CC(C)c1c(NN)ncnc1NC1CCCC(C)C1C.